The third-order valence-electron chi connectivity index (χ3n) is 3.85. The Kier molecular flexibility index (Phi) is 4.34. The first-order valence-electron chi connectivity index (χ1n) is 6.64. The number of alkyl halides is 6. The molecule has 3 nitrogen and oxygen atoms in total. The lowest BCUT2D eigenvalue weighted by molar-refractivity contribution is -0.188. The number of aromatic amines is 1. The Bertz CT molecular complexity index is 767. The van der Waals surface area contributed by atoms with Gasteiger partial charge in [0.1, 0.15) is 6.04 Å². The Morgan fingerprint density at radius 2 is 1.87 bits per heavy atom. The summed E-state index contributed by atoms with van der Waals surface area (Å²) in [5.41, 5.74) is 2.35. The number of carbonyl (C=O) groups excluding carboxylic acids is 1. The van der Waals surface area contributed by atoms with Gasteiger partial charge in [-0.1, -0.05) is 66.0 Å². The van der Waals surface area contributed by atoms with Gasteiger partial charge >= 0.3 is 12.1 Å². The third kappa shape index (κ3) is 3.07. The fourth-order valence-corrected chi connectivity index (χ4v) is 4.39. The maximum atomic E-state index is 12.9. The van der Waals surface area contributed by atoms with Crippen molar-refractivity contribution >= 4 is 64.6 Å². The molecular formula is C14H10Br3F3N2O. The van der Waals surface area contributed by atoms with E-state index in [4.69, 9.17) is 0 Å². The molecule has 1 unspecified atom stereocenters. The number of rotatable bonds is 0. The number of hydrogen-bond donors (Lipinski definition) is 1. The summed E-state index contributed by atoms with van der Waals surface area (Å²) in [6.07, 6.45) is -4.55. The number of aromatic nitrogens is 1. The number of nitrogens with one attached hydrogen (secondary N) is 1. The number of carbonyl (C=O) groups is 1. The summed E-state index contributed by atoms with van der Waals surface area (Å²) < 4.78 is 37.7. The van der Waals surface area contributed by atoms with E-state index in [0.29, 0.717) is 12.1 Å². The SMILES string of the molecule is O=C(N1CCc2c([nH]c3ccccc23)C1C(Br)(Br)Br)C(F)(F)F. The van der Waals surface area contributed by atoms with E-state index in [-0.39, 0.29) is 6.54 Å². The molecule has 0 aliphatic carbocycles. The Morgan fingerprint density at radius 1 is 1.22 bits per heavy atom. The summed E-state index contributed by atoms with van der Waals surface area (Å²) in [5, 5.41) is 0.961. The smallest absolute Gasteiger partial charge is 0.356 e. The zero-order valence-electron chi connectivity index (χ0n) is 11.4. The van der Waals surface area contributed by atoms with Crippen LogP contribution in [0.1, 0.15) is 17.3 Å². The second kappa shape index (κ2) is 5.77. The largest absolute Gasteiger partial charge is 0.471 e. The number of benzene rings is 1. The molecule has 0 fully saturated rings. The molecular weight excluding hydrogens is 509 g/mol. The highest BCUT2D eigenvalue weighted by Crippen LogP contribution is 2.52. The van der Waals surface area contributed by atoms with Crippen molar-refractivity contribution in [2.24, 2.45) is 0 Å². The van der Waals surface area contributed by atoms with Gasteiger partial charge in [-0.25, -0.2) is 0 Å². The minimum atomic E-state index is -4.92. The number of para-hydroxylation sites is 1. The van der Waals surface area contributed by atoms with E-state index in [2.05, 4.69) is 52.8 Å². The molecule has 0 radical (unpaired) electrons. The monoisotopic (exact) mass is 516 g/mol. The summed E-state index contributed by atoms with van der Waals surface area (Å²) in [6.45, 7) is -0.0115. The lowest BCUT2D eigenvalue weighted by Gasteiger charge is -2.40. The second-order valence-corrected chi connectivity index (χ2v) is 12.2. The van der Waals surface area contributed by atoms with Crippen LogP contribution in [-0.4, -0.2) is 30.7 Å². The molecule has 0 saturated heterocycles. The van der Waals surface area contributed by atoms with Gasteiger partial charge in [0, 0.05) is 23.1 Å². The van der Waals surface area contributed by atoms with Crippen LogP contribution < -0.4 is 0 Å². The van der Waals surface area contributed by atoms with E-state index in [1.165, 1.54) is 0 Å². The van der Waals surface area contributed by atoms with E-state index >= 15 is 0 Å². The molecule has 1 aliphatic heterocycles. The standard InChI is InChI=1S/C14H10Br3F3N2O/c15-13(16,17)11-10-8(7-3-1-2-4-9(7)21-10)5-6-22(11)12(23)14(18,19)20/h1-4,11,21H,5-6H2. The normalized spacial score (nSPS) is 19.0. The fraction of sp³-hybridized carbons (Fsp3) is 0.357. The molecule has 1 aliphatic rings. The highest BCUT2D eigenvalue weighted by Gasteiger charge is 2.51. The van der Waals surface area contributed by atoms with Crippen LogP contribution in [-0.2, 0) is 11.2 Å². The van der Waals surface area contributed by atoms with Crippen LogP contribution in [0.5, 0.6) is 0 Å². The van der Waals surface area contributed by atoms with Crippen molar-refractivity contribution in [1.82, 2.24) is 9.88 Å². The summed E-state index contributed by atoms with van der Waals surface area (Å²) in [5.74, 6) is -1.85. The van der Waals surface area contributed by atoms with Crippen LogP contribution in [0, 0.1) is 0 Å². The zero-order chi connectivity index (χ0) is 17.0. The van der Waals surface area contributed by atoms with Crippen molar-refractivity contribution in [2.75, 3.05) is 6.54 Å². The quantitative estimate of drug-likeness (QED) is 0.490. The summed E-state index contributed by atoms with van der Waals surface area (Å²) in [6, 6.07) is 6.62. The molecule has 23 heavy (non-hydrogen) atoms. The number of hydrogen-bond acceptors (Lipinski definition) is 1. The minimum Gasteiger partial charge on any atom is -0.356 e. The van der Waals surface area contributed by atoms with E-state index in [0.717, 1.165) is 21.4 Å². The van der Waals surface area contributed by atoms with Gasteiger partial charge in [-0.2, -0.15) is 13.2 Å². The first-order valence-corrected chi connectivity index (χ1v) is 9.02. The molecule has 2 heterocycles. The van der Waals surface area contributed by atoms with Gasteiger partial charge in [0.2, 0.25) is 0 Å². The van der Waals surface area contributed by atoms with Crippen molar-refractivity contribution in [3.8, 4) is 0 Å². The van der Waals surface area contributed by atoms with E-state index in [9.17, 15) is 18.0 Å². The van der Waals surface area contributed by atoms with Crippen LogP contribution in [0.4, 0.5) is 13.2 Å². The molecule has 0 spiro atoms. The molecule has 1 atom stereocenters. The maximum absolute atomic E-state index is 12.9. The fourth-order valence-electron chi connectivity index (χ4n) is 2.96. The van der Waals surface area contributed by atoms with Crippen molar-refractivity contribution in [3.05, 3.63) is 35.5 Å². The van der Waals surface area contributed by atoms with Gasteiger partial charge in [-0.15, -0.1) is 0 Å². The molecule has 1 aromatic carbocycles. The molecule has 124 valence electrons. The highest BCUT2D eigenvalue weighted by atomic mass is 80.0. The summed E-state index contributed by atoms with van der Waals surface area (Å²) >= 11 is 9.88. The van der Waals surface area contributed by atoms with Gasteiger partial charge in [-0.3, -0.25) is 4.79 Å². The maximum Gasteiger partial charge on any atom is 0.471 e. The van der Waals surface area contributed by atoms with Gasteiger partial charge < -0.3 is 9.88 Å². The van der Waals surface area contributed by atoms with E-state index in [1.807, 2.05) is 24.3 Å². The summed E-state index contributed by atoms with van der Waals surface area (Å²) in [4.78, 5) is 15.8. The molecule has 0 bridgehead atoms. The van der Waals surface area contributed by atoms with Gasteiger partial charge in [-0.05, 0) is 18.1 Å². The van der Waals surface area contributed by atoms with Crippen molar-refractivity contribution in [3.63, 3.8) is 0 Å². The number of halogens is 6. The highest BCUT2D eigenvalue weighted by molar-refractivity contribution is 9.39. The van der Waals surface area contributed by atoms with Crippen molar-refractivity contribution < 1.29 is 18.0 Å². The first kappa shape index (κ1) is 17.3. The average molecular weight is 519 g/mol. The van der Waals surface area contributed by atoms with E-state index < -0.39 is 20.3 Å². The number of H-pyrrole nitrogens is 1. The second-order valence-electron chi connectivity index (χ2n) is 5.25. The molecule has 1 amide bonds. The Hall–Kier alpha value is -0.540. The molecule has 3 rings (SSSR count). The molecule has 9 heteroatoms. The predicted molar refractivity (Wildman–Crippen MR) is 92.0 cm³/mol. The molecule has 1 N–H and O–H groups in total. The lowest BCUT2D eigenvalue weighted by atomic mass is 9.98. The number of nitrogens with zero attached hydrogens (tertiary/aromatic N) is 1. The Morgan fingerprint density at radius 3 is 2.48 bits per heavy atom. The molecule has 0 saturated carbocycles. The van der Waals surface area contributed by atoms with Crippen molar-refractivity contribution in [2.45, 2.75) is 20.8 Å². The van der Waals surface area contributed by atoms with Crippen LogP contribution >= 0.6 is 47.8 Å². The average Bonchev–Trinajstić information content (AvgIpc) is 2.81. The van der Waals surface area contributed by atoms with Crippen LogP contribution in [0.3, 0.4) is 0 Å². The molecule has 1 aromatic heterocycles. The van der Waals surface area contributed by atoms with Crippen molar-refractivity contribution in [1.29, 1.82) is 0 Å². The number of fused-ring (bicyclic) bond motifs is 3. The first-order chi connectivity index (χ1) is 10.6. The van der Waals surface area contributed by atoms with E-state index in [1.54, 1.807) is 0 Å². The Labute approximate surface area is 155 Å². The Balaban J connectivity index is 2.16. The third-order valence-corrected chi connectivity index (χ3v) is 5.15. The topological polar surface area (TPSA) is 36.1 Å². The van der Waals surface area contributed by atoms with Gasteiger partial charge in [0.05, 0.1) is 0 Å². The van der Waals surface area contributed by atoms with Crippen LogP contribution in [0.15, 0.2) is 24.3 Å². The molecule has 2 aromatic rings. The predicted octanol–water partition coefficient (Wildman–Crippen LogP) is 4.99. The number of amides is 1. The van der Waals surface area contributed by atoms with Gasteiger partial charge in [0.25, 0.3) is 0 Å². The van der Waals surface area contributed by atoms with Gasteiger partial charge in [0.15, 0.2) is 2.14 Å². The minimum absolute atomic E-state index is 0.0115. The van der Waals surface area contributed by atoms with Crippen LogP contribution in [0.2, 0.25) is 0 Å². The zero-order valence-corrected chi connectivity index (χ0v) is 16.2. The lowest BCUT2D eigenvalue weighted by Crippen LogP contribution is -2.49. The van der Waals surface area contributed by atoms with Crippen LogP contribution in [0.25, 0.3) is 10.9 Å². The summed E-state index contributed by atoms with van der Waals surface area (Å²) in [7, 11) is 0.